The SMILES string of the molecule is COC(=O)C1=C(C(=O)OC)N2CC(C)(C)CN=C2N/C1=C(/C#N)C(=S)SC. The molecule has 2 aliphatic heterocycles. The molecular weight excluding hydrogens is 388 g/mol. The second-order valence-corrected chi connectivity index (χ2v) is 8.06. The Hall–Kier alpha value is -2.38. The van der Waals surface area contributed by atoms with E-state index in [2.05, 4.69) is 10.3 Å². The Morgan fingerprint density at radius 3 is 2.48 bits per heavy atom. The summed E-state index contributed by atoms with van der Waals surface area (Å²) in [7, 11) is 2.42. The third-order valence-electron chi connectivity index (χ3n) is 4.01. The first-order valence-electron chi connectivity index (χ1n) is 7.93. The highest BCUT2D eigenvalue weighted by molar-refractivity contribution is 8.23. The Morgan fingerprint density at radius 1 is 1.33 bits per heavy atom. The molecule has 0 spiro atoms. The molecule has 0 saturated carbocycles. The second kappa shape index (κ2) is 8.10. The van der Waals surface area contributed by atoms with Crippen LogP contribution >= 0.6 is 24.0 Å². The molecule has 0 atom stereocenters. The Morgan fingerprint density at radius 2 is 1.96 bits per heavy atom. The van der Waals surface area contributed by atoms with Gasteiger partial charge in [-0.25, -0.2) is 9.59 Å². The number of fused-ring (bicyclic) bond motifs is 1. The van der Waals surface area contributed by atoms with Gasteiger partial charge in [0.2, 0.25) is 5.96 Å². The van der Waals surface area contributed by atoms with Gasteiger partial charge >= 0.3 is 11.9 Å². The first kappa shape index (κ1) is 20.9. The number of thiocarbonyl (C=S) groups is 1. The van der Waals surface area contributed by atoms with Gasteiger partial charge in [-0.15, -0.1) is 11.8 Å². The fourth-order valence-electron chi connectivity index (χ4n) is 2.75. The predicted octanol–water partition coefficient (Wildman–Crippen LogP) is 1.36. The average Bonchev–Trinajstić information content (AvgIpc) is 2.65. The van der Waals surface area contributed by atoms with E-state index >= 15 is 0 Å². The van der Waals surface area contributed by atoms with E-state index in [4.69, 9.17) is 21.7 Å². The first-order chi connectivity index (χ1) is 12.7. The van der Waals surface area contributed by atoms with Crippen LogP contribution in [0.2, 0.25) is 0 Å². The van der Waals surface area contributed by atoms with Crippen LogP contribution in [0, 0.1) is 16.7 Å². The van der Waals surface area contributed by atoms with Crippen LogP contribution in [0.4, 0.5) is 0 Å². The summed E-state index contributed by atoms with van der Waals surface area (Å²) in [5.41, 5.74) is -0.208. The highest BCUT2D eigenvalue weighted by atomic mass is 32.2. The van der Waals surface area contributed by atoms with E-state index in [0.717, 1.165) is 0 Å². The summed E-state index contributed by atoms with van der Waals surface area (Å²) >= 11 is 6.43. The second-order valence-electron chi connectivity index (χ2n) is 6.58. The maximum Gasteiger partial charge on any atom is 0.355 e. The van der Waals surface area contributed by atoms with Crippen LogP contribution in [-0.4, -0.2) is 60.6 Å². The fraction of sp³-hybridized carbons (Fsp3) is 0.471. The van der Waals surface area contributed by atoms with Gasteiger partial charge in [0, 0.05) is 18.5 Å². The number of aliphatic imine (C=N–C) groups is 1. The monoisotopic (exact) mass is 408 g/mol. The lowest BCUT2D eigenvalue weighted by Crippen LogP contribution is -2.55. The van der Waals surface area contributed by atoms with E-state index in [9.17, 15) is 14.9 Å². The molecule has 144 valence electrons. The van der Waals surface area contributed by atoms with Crippen molar-refractivity contribution in [1.29, 1.82) is 5.26 Å². The number of methoxy groups -OCH3 is 2. The van der Waals surface area contributed by atoms with Gasteiger partial charge in [0.15, 0.2) is 0 Å². The van der Waals surface area contributed by atoms with Crippen LogP contribution in [0.5, 0.6) is 0 Å². The molecule has 0 radical (unpaired) electrons. The Balaban J connectivity index is 2.87. The van der Waals surface area contributed by atoms with Gasteiger partial charge in [-0.2, -0.15) is 5.26 Å². The minimum atomic E-state index is -0.781. The molecule has 2 rings (SSSR count). The zero-order valence-electron chi connectivity index (χ0n) is 15.7. The van der Waals surface area contributed by atoms with E-state index < -0.39 is 11.9 Å². The summed E-state index contributed by atoms with van der Waals surface area (Å²) in [6.45, 7) is 4.92. The minimum Gasteiger partial charge on any atom is -0.465 e. The van der Waals surface area contributed by atoms with E-state index in [-0.39, 0.29) is 32.2 Å². The maximum atomic E-state index is 12.6. The molecule has 2 aliphatic rings. The number of thioether (sulfide) groups is 1. The van der Waals surface area contributed by atoms with Crippen LogP contribution in [0.15, 0.2) is 27.5 Å². The molecule has 0 aliphatic carbocycles. The molecule has 0 saturated heterocycles. The van der Waals surface area contributed by atoms with Gasteiger partial charge in [0.25, 0.3) is 0 Å². The number of rotatable bonds is 3. The first-order valence-corrected chi connectivity index (χ1v) is 9.57. The Labute approximate surface area is 167 Å². The fourth-order valence-corrected chi connectivity index (χ4v) is 3.25. The Kier molecular flexibility index (Phi) is 6.28. The molecule has 2 heterocycles. The van der Waals surface area contributed by atoms with Crippen molar-refractivity contribution < 1.29 is 19.1 Å². The van der Waals surface area contributed by atoms with Crippen molar-refractivity contribution in [3.05, 3.63) is 22.5 Å². The van der Waals surface area contributed by atoms with Gasteiger partial charge in [-0.05, 0) is 6.26 Å². The third-order valence-corrected chi connectivity index (χ3v) is 5.29. The van der Waals surface area contributed by atoms with Gasteiger partial charge in [-0.3, -0.25) is 4.99 Å². The number of esters is 2. The van der Waals surface area contributed by atoms with Gasteiger partial charge in [0.05, 0.1) is 24.1 Å². The molecule has 0 bridgehead atoms. The van der Waals surface area contributed by atoms with Crippen molar-refractivity contribution in [3.63, 3.8) is 0 Å². The summed E-state index contributed by atoms with van der Waals surface area (Å²) in [4.78, 5) is 31.3. The summed E-state index contributed by atoms with van der Waals surface area (Å²) < 4.78 is 10.1. The molecule has 0 unspecified atom stereocenters. The van der Waals surface area contributed by atoms with Crippen molar-refractivity contribution in [2.24, 2.45) is 10.4 Å². The van der Waals surface area contributed by atoms with Gasteiger partial charge < -0.3 is 19.7 Å². The molecule has 10 heteroatoms. The molecule has 1 N–H and O–H groups in total. The van der Waals surface area contributed by atoms with Crippen LogP contribution < -0.4 is 5.32 Å². The predicted molar refractivity (Wildman–Crippen MR) is 106 cm³/mol. The highest BCUT2D eigenvalue weighted by Gasteiger charge is 2.42. The van der Waals surface area contributed by atoms with E-state index in [1.54, 1.807) is 11.2 Å². The minimum absolute atomic E-state index is 0.0266. The number of guanidine groups is 1. The number of hydrogen-bond acceptors (Lipinski definition) is 10. The summed E-state index contributed by atoms with van der Waals surface area (Å²) in [5.74, 6) is -1.15. The zero-order valence-corrected chi connectivity index (χ0v) is 17.3. The lowest BCUT2D eigenvalue weighted by atomic mass is 9.90. The number of hydrogen-bond donors (Lipinski definition) is 1. The van der Waals surface area contributed by atoms with Crippen molar-refractivity contribution in [1.82, 2.24) is 10.2 Å². The quantitative estimate of drug-likeness (QED) is 0.321. The number of ether oxygens (including phenoxy) is 2. The number of nitrogens with zero attached hydrogens (tertiary/aromatic N) is 3. The molecule has 0 aromatic carbocycles. The van der Waals surface area contributed by atoms with E-state index in [0.29, 0.717) is 19.0 Å². The number of carbonyl (C=O) groups is 2. The normalized spacial score (nSPS) is 19.9. The molecular formula is C17H20N4O4S2. The van der Waals surface area contributed by atoms with Crippen LogP contribution in [-0.2, 0) is 19.1 Å². The standard InChI is InChI=1S/C17H20N4O4S2/c1-17(2)7-19-16-20-11(9(6-18)15(26)27-5)10(13(22)24-3)12(14(23)25-4)21(16)8-17/h7-8H2,1-5H3,(H,19,20)/b11-9-. The third kappa shape index (κ3) is 3.99. The number of nitriles is 1. The topological polar surface area (TPSA) is 104 Å². The smallest absolute Gasteiger partial charge is 0.355 e. The largest absolute Gasteiger partial charge is 0.465 e. The average molecular weight is 409 g/mol. The van der Waals surface area contributed by atoms with Crippen LogP contribution in [0.3, 0.4) is 0 Å². The van der Waals surface area contributed by atoms with Crippen LogP contribution in [0.25, 0.3) is 0 Å². The van der Waals surface area contributed by atoms with Crippen LogP contribution in [0.1, 0.15) is 13.8 Å². The molecule has 0 amide bonds. The highest BCUT2D eigenvalue weighted by Crippen LogP contribution is 2.33. The van der Waals surface area contributed by atoms with E-state index in [1.165, 1.54) is 26.0 Å². The molecule has 0 aromatic heterocycles. The molecule has 0 aromatic rings. The lowest BCUT2D eigenvalue weighted by Gasteiger charge is -2.42. The number of carbonyl (C=O) groups excluding carboxylic acids is 2. The molecule has 0 fully saturated rings. The van der Waals surface area contributed by atoms with E-state index in [1.807, 2.05) is 19.9 Å². The summed E-state index contributed by atoms with van der Waals surface area (Å²) in [5, 5.41) is 12.6. The van der Waals surface area contributed by atoms with Crippen molar-refractivity contribution >= 4 is 46.1 Å². The summed E-state index contributed by atoms with van der Waals surface area (Å²) in [6.07, 6.45) is 1.72. The number of nitrogens with one attached hydrogen (secondary N) is 1. The maximum absolute atomic E-state index is 12.6. The van der Waals surface area contributed by atoms with Gasteiger partial charge in [0.1, 0.15) is 22.9 Å². The Bertz CT molecular complexity index is 836. The molecule has 8 nitrogen and oxygen atoms in total. The molecule has 27 heavy (non-hydrogen) atoms. The van der Waals surface area contributed by atoms with Crippen molar-refractivity contribution in [2.75, 3.05) is 33.6 Å². The lowest BCUT2D eigenvalue weighted by molar-refractivity contribution is -0.140. The van der Waals surface area contributed by atoms with Crippen molar-refractivity contribution in [2.45, 2.75) is 13.8 Å². The zero-order chi connectivity index (χ0) is 20.4. The van der Waals surface area contributed by atoms with Crippen molar-refractivity contribution in [3.8, 4) is 6.07 Å². The summed E-state index contributed by atoms with van der Waals surface area (Å²) in [6, 6.07) is 2.01. The van der Waals surface area contributed by atoms with Gasteiger partial charge in [-0.1, -0.05) is 26.1 Å².